The van der Waals surface area contributed by atoms with Crippen LogP contribution in [0.5, 0.6) is 0 Å². The average molecular weight is 233 g/mol. The highest BCUT2D eigenvalue weighted by atomic mass is 16.5. The van der Waals surface area contributed by atoms with Crippen molar-refractivity contribution in [2.45, 2.75) is 19.6 Å². The molecule has 0 aliphatic heterocycles. The lowest BCUT2D eigenvalue weighted by molar-refractivity contribution is 0.0272. The molecule has 2 rings (SSSR count). The van der Waals surface area contributed by atoms with Gasteiger partial charge in [-0.15, -0.1) is 0 Å². The summed E-state index contributed by atoms with van der Waals surface area (Å²) in [5.74, 6) is 0. The van der Waals surface area contributed by atoms with E-state index in [0.29, 0.717) is 17.9 Å². The number of aliphatic hydroxyl groups excluding tert-OH is 1. The number of aromatic nitrogens is 1. The molecule has 0 spiro atoms. The zero-order chi connectivity index (χ0) is 12.1. The minimum atomic E-state index is -0.690. The van der Waals surface area contributed by atoms with Crippen molar-refractivity contribution in [1.82, 2.24) is 5.16 Å². The molecule has 0 aliphatic carbocycles. The second-order valence-electron chi connectivity index (χ2n) is 3.87. The number of hydrogen-bond donors (Lipinski definition) is 1. The fourth-order valence-corrected chi connectivity index (χ4v) is 1.57. The summed E-state index contributed by atoms with van der Waals surface area (Å²) < 4.78 is 10.2. The molecular formula is C13H15NO3. The topological polar surface area (TPSA) is 55.5 Å². The van der Waals surface area contributed by atoms with E-state index < -0.39 is 6.10 Å². The molecule has 0 saturated carbocycles. The minimum Gasteiger partial charge on any atom is -0.386 e. The minimum absolute atomic E-state index is 0.233. The molecule has 0 bridgehead atoms. The van der Waals surface area contributed by atoms with Gasteiger partial charge in [0.1, 0.15) is 12.4 Å². The normalized spacial score (nSPS) is 12.6. The first-order valence-electron chi connectivity index (χ1n) is 5.48. The lowest BCUT2D eigenvalue weighted by Crippen LogP contribution is -2.07. The molecule has 0 unspecified atom stereocenters. The quantitative estimate of drug-likeness (QED) is 0.860. The Morgan fingerprint density at radius 2 is 2.12 bits per heavy atom. The fraction of sp³-hybridized carbons (Fsp3) is 0.308. The molecule has 1 heterocycles. The Morgan fingerprint density at radius 3 is 2.76 bits per heavy atom. The lowest BCUT2D eigenvalue weighted by atomic mass is 10.1. The van der Waals surface area contributed by atoms with Gasteiger partial charge in [-0.1, -0.05) is 35.5 Å². The first kappa shape index (κ1) is 11.8. The van der Waals surface area contributed by atoms with E-state index in [4.69, 9.17) is 9.26 Å². The summed E-state index contributed by atoms with van der Waals surface area (Å²) in [4.78, 5) is 0. The summed E-state index contributed by atoms with van der Waals surface area (Å²) >= 11 is 0. The Bertz CT molecular complexity index is 453. The highest BCUT2D eigenvalue weighted by Crippen LogP contribution is 2.16. The summed E-state index contributed by atoms with van der Waals surface area (Å²) in [6.07, 6.45) is 0.760. The third kappa shape index (κ3) is 3.15. The SMILES string of the molecule is Cc1nocc1[C@@H](O)COCc1ccccc1. The van der Waals surface area contributed by atoms with Gasteiger partial charge < -0.3 is 14.4 Å². The summed E-state index contributed by atoms with van der Waals surface area (Å²) in [5.41, 5.74) is 2.46. The molecule has 0 radical (unpaired) electrons. The molecule has 2 aromatic rings. The van der Waals surface area contributed by atoms with Crippen LogP contribution in [-0.2, 0) is 11.3 Å². The van der Waals surface area contributed by atoms with E-state index in [9.17, 15) is 5.11 Å². The summed E-state index contributed by atoms with van der Waals surface area (Å²) in [5, 5.41) is 13.6. The number of aryl methyl sites for hydroxylation is 1. The van der Waals surface area contributed by atoms with Gasteiger partial charge in [0.2, 0.25) is 0 Å². The van der Waals surface area contributed by atoms with Gasteiger partial charge >= 0.3 is 0 Å². The van der Waals surface area contributed by atoms with Crippen molar-refractivity contribution in [2.24, 2.45) is 0 Å². The first-order chi connectivity index (χ1) is 8.27. The van der Waals surface area contributed by atoms with Crippen LogP contribution in [-0.4, -0.2) is 16.9 Å². The van der Waals surface area contributed by atoms with E-state index in [2.05, 4.69) is 5.16 Å². The summed E-state index contributed by atoms with van der Waals surface area (Å²) in [7, 11) is 0. The molecule has 0 fully saturated rings. The molecular weight excluding hydrogens is 218 g/mol. The molecule has 4 nitrogen and oxygen atoms in total. The van der Waals surface area contributed by atoms with Crippen LogP contribution in [0.4, 0.5) is 0 Å². The van der Waals surface area contributed by atoms with Crippen LogP contribution in [0.2, 0.25) is 0 Å². The lowest BCUT2D eigenvalue weighted by Gasteiger charge is -2.09. The number of nitrogens with zero attached hydrogens (tertiary/aromatic N) is 1. The number of rotatable bonds is 5. The van der Waals surface area contributed by atoms with Gasteiger partial charge in [0, 0.05) is 5.56 Å². The second-order valence-corrected chi connectivity index (χ2v) is 3.87. The van der Waals surface area contributed by atoms with Crippen LogP contribution in [0.15, 0.2) is 41.1 Å². The molecule has 17 heavy (non-hydrogen) atoms. The van der Waals surface area contributed by atoms with E-state index >= 15 is 0 Å². The first-order valence-corrected chi connectivity index (χ1v) is 5.48. The Balaban J connectivity index is 1.81. The van der Waals surface area contributed by atoms with Crippen molar-refractivity contribution in [3.8, 4) is 0 Å². The van der Waals surface area contributed by atoms with Gasteiger partial charge in [0.15, 0.2) is 0 Å². The highest BCUT2D eigenvalue weighted by molar-refractivity contribution is 5.16. The summed E-state index contributed by atoms with van der Waals surface area (Å²) in [6, 6.07) is 9.84. The fourth-order valence-electron chi connectivity index (χ4n) is 1.57. The maximum Gasteiger partial charge on any atom is 0.129 e. The standard InChI is InChI=1S/C13H15NO3/c1-10-12(8-17-14-10)13(15)9-16-7-11-5-3-2-4-6-11/h2-6,8,13,15H,7,9H2,1H3/t13-/m0/s1. The Hall–Kier alpha value is -1.65. The molecule has 0 amide bonds. The molecule has 1 aromatic carbocycles. The maximum atomic E-state index is 9.84. The van der Waals surface area contributed by atoms with Gasteiger partial charge in [-0.05, 0) is 12.5 Å². The van der Waals surface area contributed by atoms with Crippen LogP contribution >= 0.6 is 0 Å². The van der Waals surface area contributed by atoms with E-state index in [1.165, 1.54) is 6.26 Å². The van der Waals surface area contributed by atoms with Crippen molar-refractivity contribution in [3.63, 3.8) is 0 Å². The Kier molecular flexibility index (Phi) is 3.90. The smallest absolute Gasteiger partial charge is 0.129 e. The Morgan fingerprint density at radius 1 is 1.35 bits per heavy atom. The van der Waals surface area contributed by atoms with E-state index in [0.717, 1.165) is 5.56 Å². The zero-order valence-corrected chi connectivity index (χ0v) is 9.67. The average Bonchev–Trinajstić information content (AvgIpc) is 2.77. The molecule has 90 valence electrons. The van der Waals surface area contributed by atoms with Crippen LogP contribution < -0.4 is 0 Å². The van der Waals surface area contributed by atoms with Crippen molar-refractivity contribution in [3.05, 3.63) is 53.4 Å². The maximum absolute atomic E-state index is 9.84. The third-order valence-electron chi connectivity index (χ3n) is 2.53. The zero-order valence-electron chi connectivity index (χ0n) is 9.67. The number of benzene rings is 1. The van der Waals surface area contributed by atoms with E-state index in [1.807, 2.05) is 30.3 Å². The number of ether oxygens (including phenoxy) is 1. The monoisotopic (exact) mass is 233 g/mol. The molecule has 0 aliphatic rings. The highest BCUT2D eigenvalue weighted by Gasteiger charge is 2.13. The van der Waals surface area contributed by atoms with Gasteiger partial charge in [-0.2, -0.15) is 0 Å². The van der Waals surface area contributed by atoms with Crippen LogP contribution in [0.3, 0.4) is 0 Å². The van der Waals surface area contributed by atoms with Crippen LogP contribution in [0.25, 0.3) is 0 Å². The third-order valence-corrected chi connectivity index (χ3v) is 2.53. The van der Waals surface area contributed by atoms with Crippen molar-refractivity contribution < 1.29 is 14.4 Å². The van der Waals surface area contributed by atoms with Gasteiger partial charge in [-0.3, -0.25) is 0 Å². The van der Waals surface area contributed by atoms with Gasteiger partial charge in [-0.25, -0.2) is 0 Å². The van der Waals surface area contributed by atoms with Crippen molar-refractivity contribution >= 4 is 0 Å². The van der Waals surface area contributed by atoms with Gasteiger partial charge in [0.25, 0.3) is 0 Å². The number of aliphatic hydroxyl groups is 1. The molecule has 4 heteroatoms. The predicted molar refractivity (Wildman–Crippen MR) is 62.3 cm³/mol. The molecule has 1 atom stereocenters. The van der Waals surface area contributed by atoms with E-state index in [-0.39, 0.29) is 6.61 Å². The molecule has 1 aromatic heterocycles. The number of hydrogen-bond acceptors (Lipinski definition) is 4. The predicted octanol–water partition coefficient (Wildman–Crippen LogP) is 2.23. The molecule has 1 N–H and O–H groups in total. The largest absolute Gasteiger partial charge is 0.386 e. The van der Waals surface area contributed by atoms with Crippen molar-refractivity contribution in [1.29, 1.82) is 0 Å². The Labute approximate surface area is 99.8 Å². The summed E-state index contributed by atoms with van der Waals surface area (Å²) in [6.45, 7) is 2.51. The van der Waals surface area contributed by atoms with Crippen LogP contribution in [0.1, 0.15) is 22.9 Å². The van der Waals surface area contributed by atoms with Gasteiger partial charge in [0.05, 0.1) is 18.9 Å². The van der Waals surface area contributed by atoms with E-state index in [1.54, 1.807) is 6.92 Å². The second kappa shape index (κ2) is 5.61. The van der Waals surface area contributed by atoms with Crippen LogP contribution in [0, 0.1) is 6.92 Å². The van der Waals surface area contributed by atoms with Crippen molar-refractivity contribution in [2.75, 3.05) is 6.61 Å². The molecule has 0 saturated heterocycles.